The van der Waals surface area contributed by atoms with E-state index in [9.17, 15) is 9.59 Å². The van der Waals surface area contributed by atoms with Gasteiger partial charge in [-0.1, -0.05) is 30.7 Å². The summed E-state index contributed by atoms with van der Waals surface area (Å²) < 4.78 is 5.00. The zero-order valence-electron chi connectivity index (χ0n) is 16.4. The highest BCUT2D eigenvalue weighted by Gasteiger charge is 2.43. The second-order valence-electron chi connectivity index (χ2n) is 7.51. The Balaban J connectivity index is 1.73. The zero-order valence-corrected chi connectivity index (χ0v) is 18.0. The van der Waals surface area contributed by atoms with E-state index >= 15 is 0 Å². The van der Waals surface area contributed by atoms with E-state index in [0.717, 1.165) is 34.0 Å². The lowest BCUT2D eigenvalue weighted by atomic mass is 9.77. The van der Waals surface area contributed by atoms with Gasteiger partial charge in [0.05, 0.1) is 19.2 Å². The minimum Gasteiger partial charge on any atom is -0.467 e. The molecule has 1 heterocycles. The fourth-order valence-corrected chi connectivity index (χ4v) is 4.66. The molecular formula is C21H25ClN2O3S. The SMILES string of the molecule is COC(=O)C1(NC(=O)Cc2nc(-c3ccc(Cl)cc3)sc2C)CCC(C)CC1. The van der Waals surface area contributed by atoms with E-state index < -0.39 is 5.54 Å². The molecule has 0 saturated heterocycles. The Kier molecular flexibility index (Phi) is 6.40. The minimum atomic E-state index is -0.915. The number of esters is 1. The third-order valence-electron chi connectivity index (χ3n) is 5.39. The molecule has 1 fully saturated rings. The van der Waals surface area contributed by atoms with E-state index in [1.807, 2.05) is 31.2 Å². The topological polar surface area (TPSA) is 68.3 Å². The summed E-state index contributed by atoms with van der Waals surface area (Å²) in [6, 6.07) is 7.48. The van der Waals surface area contributed by atoms with Crippen LogP contribution in [-0.2, 0) is 20.7 Å². The van der Waals surface area contributed by atoms with Crippen LogP contribution in [0.3, 0.4) is 0 Å². The van der Waals surface area contributed by atoms with Crippen molar-refractivity contribution in [1.29, 1.82) is 0 Å². The third-order valence-corrected chi connectivity index (χ3v) is 6.71. The van der Waals surface area contributed by atoms with Gasteiger partial charge in [-0.3, -0.25) is 4.79 Å². The largest absolute Gasteiger partial charge is 0.467 e. The normalized spacial score (nSPS) is 21.9. The van der Waals surface area contributed by atoms with Crippen LogP contribution < -0.4 is 5.32 Å². The summed E-state index contributed by atoms with van der Waals surface area (Å²) in [6.07, 6.45) is 3.15. The molecule has 3 rings (SSSR count). The van der Waals surface area contributed by atoms with Crippen molar-refractivity contribution < 1.29 is 14.3 Å². The van der Waals surface area contributed by atoms with Crippen molar-refractivity contribution >= 4 is 34.8 Å². The maximum atomic E-state index is 12.8. The number of carbonyl (C=O) groups is 2. The van der Waals surface area contributed by atoms with Crippen LogP contribution in [0.5, 0.6) is 0 Å². The molecular weight excluding hydrogens is 396 g/mol. The molecule has 1 N–H and O–H groups in total. The van der Waals surface area contributed by atoms with Crippen LogP contribution in [0.2, 0.25) is 5.02 Å². The van der Waals surface area contributed by atoms with Crippen molar-refractivity contribution in [2.75, 3.05) is 7.11 Å². The highest BCUT2D eigenvalue weighted by atomic mass is 35.5. The quantitative estimate of drug-likeness (QED) is 0.720. The van der Waals surface area contributed by atoms with E-state index in [1.165, 1.54) is 7.11 Å². The molecule has 150 valence electrons. The van der Waals surface area contributed by atoms with Crippen LogP contribution in [0, 0.1) is 12.8 Å². The molecule has 0 aliphatic heterocycles. The maximum Gasteiger partial charge on any atom is 0.331 e. The van der Waals surface area contributed by atoms with Gasteiger partial charge in [0, 0.05) is 15.5 Å². The number of hydrogen-bond donors (Lipinski definition) is 1. The molecule has 5 nitrogen and oxygen atoms in total. The maximum absolute atomic E-state index is 12.8. The number of aryl methyl sites for hydroxylation is 1. The van der Waals surface area contributed by atoms with Gasteiger partial charge in [0.25, 0.3) is 0 Å². The van der Waals surface area contributed by atoms with Crippen molar-refractivity contribution in [1.82, 2.24) is 10.3 Å². The number of halogens is 1. The average Bonchev–Trinajstić information content (AvgIpc) is 3.04. The predicted molar refractivity (Wildman–Crippen MR) is 112 cm³/mol. The minimum absolute atomic E-state index is 0.143. The number of rotatable bonds is 5. The van der Waals surface area contributed by atoms with E-state index in [-0.39, 0.29) is 18.3 Å². The second kappa shape index (κ2) is 8.62. The second-order valence-corrected chi connectivity index (χ2v) is 9.15. The van der Waals surface area contributed by atoms with Gasteiger partial charge in [-0.05, 0) is 50.7 Å². The Morgan fingerprint density at radius 3 is 2.54 bits per heavy atom. The van der Waals surface area contributed by atoms with Gasteiger partial charge in [0.15, 0.2) is 0 Å². The Morgan fingerprint density at radius 2 is 1.93 bits per heavy atom. The highest BCUT2D eigenvalue weighted by Crippen LogP contribution is 2.33. The lowest BCUT2D eigenvalue weighted by molar-refractivity contribution is -0.153. The molecule has 1 aliphatic carbocycles. The number of hydrogen-bond acceptors (Lipinski definition) is 5. The Bertz CT molecular complexity index is 855. The van der Waals surface area contributed by atoms with E-state index in [2.05, 4.69) is 17.2 Å². The summed E-state index contributed by atoms with van der Waals surface area (Å²) in [6.45, 7) is 4.12. The Hall–Kier alpha value is -1.92. The number of benzene rings is 1. The summed E-state index contributed by atoms with van der Waals surface area (Å²) >= 11 is 7.49. The van der Waals surface area contributed by atoms with Crippen LogP contribution in [0.4, 0.5) is 0 Å². The molecule has 0 bridgehead atoms. The van der Waals surface area contributed by atoms with Crippen LogP contribution >= 0.6 is 22.9 Å². The van der Waals surface area contributed by atoms with Gasteiger partial charge in [-0.2, -0.15) is 0 Å². The van der Waals surface area contributed by atoms with Crippen LogP contribution in [0.15, 0.2) is 24.3 Å². The van der Waals surface area contributed by atoms with Gasteiger partial charge in [-0.25, -0.2) is 9.78 Å². The number of ether oxygens (including phenoxy) is 1. The molecule has 2 aromatic rings. The number of amides is 1. The Morgan fingerprint density at radius 1 is 1.29 bits per heavy atom. The van der Waals surface area contributed by atoms with E-state index in [0.29, 0.717) is 23.8 Å². The molecule has 0 atom stereocenters. The van der Waals surface area contributed by atoms with E-state index in [1.54, 1.807) is 11.3 Å². The first kappa shape index (κ1) is 20.8. The van der Waals surface area contributed by atoms with Gasteiger partial charge in [0.1, 0.15) is 10.5 Å². The molecule has 0 radical (unpaired) electrons. The van der Waals surface area contributed by atoms with Crippen molar-refractivity contribution in [3.63, 3.8) is 0 Å². The van der Waals surface area contributed by atoms with Crippen molar-refractivity contribution in [2.24, 2.45) is 5.92 Å². The average molecular weight is 421 g/mol. The Labute approximate surface area is 174 Å². The molecule has 1 aromatic heterocycles. The molecule has 0 spiro atoms. The molecule has 1 aromatic carbocycles. The molecule has 1 amide bonds. The molecule has 1 saturated carbocycles. The molecule has 1 aliphatic rings. The fraction of sp³-hybridized carbons (Fsp3) is 0.476. The van der Waals surface area contributed by atoms with Gasteiger partial charge in [0.2, 0.25) is 5.91 Å². The van der Waals surface area contributed by atoms with Crippen molar-refractivity contribution in [3.8, 4) is 10.6 Å². The lowest BCUT2D eigenvalue weighted by Crippen LogP contribution is -2.57. The number of aromatic nitrogens is 1. The first-order valence-electron chi connectivity index (χ1n) is 9.44. The first-order chi connectivity index (χ1) is 13.3. The summed E-state index contributed by atoms with van der Waals surface area (Å²) in [5.74, 6) is -0.00184. The fourth-order valence-electron chi connectivity index (χ4n) is 3.60. The van der Waals surface area contributed by atoms with Gasteiger partial charge < -0.3 is 10.1 Å². The van der Waals surface area contributed by atoms with Crippen LogP contribution in [0.25, 0.3) is 10.6 Å². The molecule has 7 heteroatoms. The van der Waals surface area contributed by atoms with Crippen molar-refractivity contribution in [2.45, 2.75) is 51.5 Å². The summed E-state index contributed by atoms with van der Waals surface area (Å²) in [5, 5.41) is 4.50. The van der Waals surface area contributed by atoms with E-state index in [4.69, 9.17) is 16.3 Å². The zero-order chi connectivity index (χ0) is 20.3. The van der Waals surface area contributed by atoms with Crippen molar-refractivity contribution in [3.05, 3.63) is 39.9 Å². The molecule has 28 heavy (non-hydrogen) atoms. The summed E-state index contributed by atoms with van der Waals surface area (Å²) in [4.78, 5) is 30.8. The van der Waals surface area contributed by atoms with Crippen LogP contribution in [0.1, 0.15) is 43.2 Å². The monoisotopic (exact) mass is 420 g/mol. The third kappa shape index (κ3) is 4.55. The summed E-state index contributed by atoms with van der Waals surface area (Å²) in [5.41, 5.74) is 0.787. The number of thiazole rings is 1. The standard InChI is InChI=1S/C21H25ClN2O3S/c1-13-8-10-21(11-9-13,20(26)27-3)24-18(25)12-17-14(2)28-19(23-17)15-4-6-16(22)7-5-15/h4-7,13H,8-12H2,1-3H3,(H,24,25). The van der Waals surface area contributed by atoms with Gasteiger partial charge >= 0.3 is 5.97 Å². The highest BCUT2D eigenvalue weighted by molar-refractivity contribution is 7.15. The molecule has 0 unspecified atom stereocenters. The number of nitrogens with one attached hydrogen (secondary N) is 1. The van der Waals surface area contributed by atoms with Crippen LogP contribution in [-0.4, -0.2) is 29.5 Å². The predicted octanol–water partition coefficient (Wildman–Crippen LogP) is 4.55. The van der Waals surface area contributed by atoms with Gasteiger partial charge in [-0.15, -0.1) is 11.3 Å². The first-order valence-corrected chi connectivity index (χ1v) is 10.6. The smallest absolute Gasteiger partial charge is 0.331 e. The number of methoxy groups -OCH3 is 1. The summed E-state index contributed by atoms with van der Waals surface area (Å²) in [7, 11) is 1.37. The number of carbonyl (C=O) groups excluding carboxylic acids is 2. The number of nitrogens with zero attached hydrogens (tertiary/aromatic N) is 1. The lowest BCUT2D eigenvalue weighted by Gasteiger charge is -2.37.